The van der Waals surface area contributed by atoms with Gasteiger partial charge in [0, 0.05) is 19.6 Å². The van der Waals surface area contributed by atoms with Crippen LogP contribution >= 0.6 is 0 Å². The standard InChI is InChI=1S/C27H28N2O4/c1-32-23-12-13-25(33-2)24(17-23)27(31)29-15-14-28-26(30)22(18-29)16-19-8-10-21(11-9-19)20-6-4-3-5-7-20/h3-13,17,22H,14-16,18H2,1-2H3,(H,28,30)/t22-/m0/s1. The first kappa shape index (κ1) is 22.4. The second kappa shape index (κ2) is 10.2. The molecular weight excluding hydrogens is 416 g/mol. The van der Waals surface area contributed by atoms with Gasteiger partial charge in [-0.25, -0.2) is 0 Å². The van der Waals surface area contributed by atoms with Crippen molar-refractivity contribution in [1.29, 1.82) is 0 Å². The van der Waals surface area contributed by atoms with Crippen molar-refractivity contribution in [2.45, 2.75) is 6.42 Å². The van der Waals surface area contributed by atoms with E-state index in [-0.39, 0.29) is 17.7 Å². The third-order valence-corrected chi connectivity index (χ3v) is 5.96. The summed E-state index contributed by atoms with van der Waals surface area (Å²) in [4.78, 5) is 27.8. The minimum Gasteiger partial charge on any atom is -0.497 e. The Morgan fingerprint density at radius 1 is 0.970 bits per heavy atom. The van der Waals surface area contributed by atoms with E-state index in [2.05, 4.69) is 41.7 Å². The number of methoxy groups -OCH3 is 2. The van der Waals surface area contributed by atoms with E-state index in [4.69, 9.17) is 9.47 Å². The van der Waals surface area contributed by atoms with Gasteiger partial charge in [-0.15, -0.1) is 0 Å². The van der Waals surface area contributed by atoms with Gasteiger partial charge in [-0.05, 0) is 41.3 Å². The first-order valence-corrected chi connectivity index (χ1v) is 11.0. The fraction of sp³-hybridized carbons (Fsp3) is 0.259. The Morgan fingerprint density at radius 3 is 2.39 bits per heavy atom. The molecule has 0 radical (unpaired) electrons. The first-order chi connectivity index (χ1) is 16.1. The predicted octanol–water partition coefficient (Wildman–Crippen LogP) is 3.80. The second-order valence-corrected chi connectivity index (χ2v) is 8.07. The maximum atomic E-state index is 13.4. The lowest BCUT2D eigenvalue weighted by atomic mass is 9.96. The molecule has 1 fully saturated rings. The van der Waals surface area contributed by atoms with Crippen molar-refractivity contribution in [3.63, 3.8) is 0 Å². The molecule has 0 saturated carbocycles. The van der Waals surface area contributed by atoms with E-state index in [0.717, 1.165) is 16.7 Å². The lowest BCUT2D eigenvalue weighted by Gasteiger charge is -2.24. The van der Waals surface area contributed by atoms with E-state index in [9.17, 15) is 9.59 Å². The maximum absolute atomic E-state index is 13.4. The predicted molar refractivity (Wildman–Crippen MR) is 128 cm³/mol. The summed E-state index contributed by atoms with van der Waals surface area (Å²) in [5.74, 6) is 0.521. The van der Waals surface area contributed by atoms with E-state index in [1.165, 1.54) is 7.11 Å². The molecule has 0 aliphatic carbocycles. The number of carbonyl (C=O) groups excluding carboxylic acids is 2. The highest BCUT2D eigenvalue weighted by Gasteiger charge is 2.29. The molecular formula is C27H28N2O4. The molecule has 0 aromatic heterocycles. The highest BCUT2D eigenvalue weighted by atomic mass is 16.5. The van der Waals surface area contributed by atoms with Crippen LogP contribution in [0.3, 0.4) is 0 Å². The van der Waals surface area contributed by atoms with E-state index >= 15 is 0 Å². The van der Waals surface area contributed by atoms with Gasteiger partial charge in [0.05, 0.1) is 25.7 Å². The Bertz CT molecular complexity index is 1110. The maximum Gasteiger partial charge on any atom is 0.257 e. The summed E-state index contributed by atoms with van der Waals surface area (Å²) >= 11 is 0. The fourth-order valence-electron chi connectivity index (χ4n) is 4.14. The average Bonchev–Trinajstić information content (AvgIpc) is 3.05. The van der Waals surface area contributed by atoms with Gasteiger partial charge in [0.1, 0.15) is 11.5 Å². The number of hydrogen-bond acceptors (Lipinski definition) is 4. The van der Waals surface area contributed by atoms with Crippen LogP contribution in [0, 0.1) is 5.92 Å². The lowest BCUT2D eigenvalue weighted by Crippen LogP contribution is -2.37. The minimum atomic E-state index is -0.337. The Labute approximate surface area is 194 Å². The zero-order chi connectivity index (χ0) is 23.2. The molecule has 1 atom stereocenters. The topological polar surface area (TPSA) is 67.9 Å². The normalized spacial score (nSPS) is 16.0. The lowest BCUT2D eigenvalue weighted by molar-refractivity contribution is -0.124. The fourth-order valence-corrected chi connectivity index (χ4v) is 4.14. The summed E-state index contributed by atoms with van der Waals surface area (Å²) < 4.78 is 10.7. The number of carbonyl (C=O) groups is 2. The molecule has 2 amide bonds. The van der Waals surface area contributed by atoms with Crippen molar-refractivity contribution in [1.82, 2.24) is 10.2 Å². The highest BCUT2D eigenvalue weighted by Crippen LogP contribution is 2.27. The zero-order valence-electron chi connectivity index (χ0n) is 18.9. The zero-order valence-corrected chi connectivity index (χ0v) is 18.9. The molecule has 1 heterocycles. The van der Waals surface area contributed by atoms with Crippen molar-refractivity contribution in [3.05, 3.63) is 83.9 Å². The van der Waals surface area contributed by atoms with Crippen LogP contribution in [-0.2, 0) is 11.2 Å². The monoisotopic (exact) mass is 444 g/mol. The molecule has 3 aromatic carbocycles. The van der Waals surface area contributed by atoms with Gasteiger partial charge in [0.2, 0.25) is 5.91 Å². The molecule has 4 rings (SSSR count). The van der Waals surface area contributed by atoms with Gasteiger partial charge in [0.25, 0.3) is 5.91 Å². The van der Waals surface area contributed by atoms with Gasteiger partial charge < -0.3 is 19.7 Å². The van der Waals surface area contributed by atoms with Crippen LogP contribution < -0.4 is 14.8 Å². The van der Waals surface area contributed by atoms with E-state index < -0.39 is 0 Å². The summed E-state index contributed by atoms with van der Waals surface area (Å²) in [6.45, 7) is 1.19. The smallest absolute Gasteiger partial charge is 0.257 e. The number of ether oxygens (including phenoxy) is 2. The Balaban J connectivity index is 1.51. The third kappa shape index (κ3) is 5.17. The molecule has 1 aliphatic heterocycles. The quantitative estimate of drug-likeness (QED) is 0.628. The molecule has 1 aliphatic rings. The molecule has 6 nitrogen and oxygen atoms in total. The SMILES string of the molecule is COc1ccc(OC)c(C(=O)N2CCNC(=O)[C@@H](Cc3ccc(-c4ccccc4)cc3)C2)c1. The van der Waals surface area contributed by atoms with Crippen molar-refractivity contribution in [2.75, 3.05) is 33.9 Å². The molecule has 3 aromatic rings. The second-order valence-electron chi connectivity index (χ2n) is 8.07. The van der Waals surface area contributed by atoms with Crippen molar-refractivity contribution >= 4 is 11.8 Å². The molecule has 0 unspecified atom stereocenters. The highest BCUT2D eigenvalue weighted by molar-refractivity contribution is 5.98. The van der Waals surface area contributed by atoms with Crippen LogP contribution in [0.2, 0.25) is 0 Å². The largest absolute Gasteiger partial charge is 0.497 e. The number of benzene rings is 3. The average molecular weight is 445 g/mol. The molecule has 170 valence electrons. The van der Waals surface area contributed by atoms with Crippen molar-refractivity contribution < 1.29 is 19.1 Å². The molecule has 6 heteroatoms. The Hall–Kier alpha value is -3.80. The number of hydrogen-bond donors (Lipinski definition) is 1. The Kier molecular flexibility index (Phi) is 6.93. The van der Waals surface area contributed by atoms with Crippen LogP contribution in [0.25, 0.3) is 11.1 Å². The molecule has 0 bridgehead atoms. The Morgan fingerprint density at radius 2 is 1.70 bits per heavy atom. The van der Waals surface area contributed by atoms with Crippen LogP contribution in [0.4, 0.5) is 0 Å². The number of nitrogens with one attached hydrogen (secondary N) is 1. The van der Waals surface area contributed by atoms with Gasteiger partial charge in [-0.3, -0.25) is 9.59 Å². The van der Waals surface area contributed by atoms with Gasteiger partial charge in [-0.1, -0.05) is 54.6 Å². The van der Waals surface area contributed by atoms with Crippen molar-refractivity contribution in [3.8, 4) is 22.6 Å². The van der Waals surface area contributed by atoms with Crippen LogP contribution in [0.15, 0.2) is 72.8 Å². The van der Waals surface area contributed by atoms with E-state index in [1.54, 1.807) is 30.2 Å². The van der Waals surface area contributed by atoms with Crippen molar-refractivity contribution in [2.24, 2.45) is 5.92 Å². The van der Waals surface area contributed by atoms with Crippen LogP contribution in [-0.4, -0.2) is 50.6 Å². The summed E-state index contributed by atoms with van der Waals surface area (Å²) in [6.07, 6.45) is 0.555. The van der Waals surface area contributed by atoms with Gasteiger partial charge >= 0.3 is 0 Å². The summed E-state index contributed by atoms with van der Waals surface area (Å²) in [6, 6.07) is 23.6. The number of nitrogens with zero attached hydrogens (tertiary/aromatic N) is 1. The van der Waals surface area contributed by atoms with Crippen LogP contribution in [0.1, 0.15) is 15.9 Å². The van der Waals surface area contributed by atoms with Gasteiger partial charge in [0.15, 0.2) is 0 Å². The summed E-state index contributed by atoms with van der Waals surface area (Å²) in [5.41, 5.74) is 3.77. The molecule has 1 saturated heterocycles. The minimum absolute atomic E-state index is 0.0324. The first-order valence-electron chi connectivity index (χ1n) is 11.0. The van der Waals surface area contributed by atoms with Crippen LogP contribution in [0.5, 0.6) is 11.5 Å². The molecule has 33 heavy (non-hydrogen) atoms. The molecule has 1 N–H and O–H groups in total. The number of amides is 2. The third-order valence-electron chi connectivity index (χ3n) is 5.96. The summed E-state index contributed by atoms with van der Waals surface area (Å²) in [5, 5.41) is 2.95. The number of rotatable bonds is 6. The van der Waals surface area contributed by atoms with E-state index in [0.29, 0.717) is 43.1 Å². The van der Waals surface area contributed by atoms with E-state index in [1.807, 2.05) is 18.2 Å². The summed E-state index contributed by atoms with van der Waals surface area (Å²) in [7, 11) is 3.09. The van der Waals surface area contributed by atoms with Gasteiger partial charge in [-0.2, -0.15) is 0 Å². The molecule has 0 spiro atoms.